The highest BCUT2D eigenvalue weighted by atomic mass is 16.6. The Morgan fingerprint density at radius 1 is 0.786 bits per heavy atom. The van der Waals surface area contributed by atoms with Gasteiger partial charge < -0.3 is 18.9 Å². The number of hydrogen-bond donors (Lipinski definition) is 0. The van der Waals surface area contributed by atoms with E-state index in [-0.39, 0.29) is 0 Å². The normalized spacial score (nSPS) is 43.9. The second-order valence-corrected chi connectivity index (χ2v) is 10.1. The molecule has 3 saturated carbocycles. The lowest BCUT2D eigenvalue weighted by atomic mass is 9.84. The van der Waals surface area contributed by atoms with Crippen molar-refractivity contribution in [3.05, 3.63) is 12.3 Å². The molecule has 5 fully saturated rings. The Hall–Kier alpha value is -0.580. The minimum atomic E-state index is 0.321. The van der Waals surface area contributed by atoms with Gasteiger partial charge in [-0.1, -0.05) is 6.58 Å². The molecule has 4 heteroatoms. The van der Waals surface area contributed by atoms with Gasteiger partial charge in [-0.3, -0.25) is 0 Å². The third kappa shape index (κ3) is 4.94. The first kappa shape index (κ1) is 19.4. The Labute approximate surface area is 170 Å². The minimum absolute atomic E-state index is 0.321. The number of ether oxygens (including phenoxy) is 4. The Morgan fingerprint density at radius 2 is 1.64 bits per heavy atom. The van der Waals surface area contributed by atoms with Crippen molar-refractivity contribution in [2.45, 2.75) is 95.0 Å². The van der Waals surface area contributed by atoms with Crippen molar-refractivity contribution in [2.75, 3.05) is 19.8 Å². The molecular weight excluding hydrogens is 352 g/mol. The number of allylic oxidation sites excluding steroid dienone is 1. The van der Waals surface area contributed by atoms with E-state index in [2.05, 4.69) is 6.58 Å². The molecule has 8 unspecified atom stereocenters. The van der Waals surface area contributed by atoms with Gasteiger partial charge in [0.25, 0.3) is 0 Å². The lowest BCUT2D eigenvalue weighted by Crippen LogP contribution is -2.25. The summed E-state index contributed by atoms with van der Waals surface area (Å²) < 4.78 is 23.7. The molecule has 28 heavy (non-hydrogen) atoms. The minimum Gasteiger partial charge on any atom is -0.498 e. The third-order valence-corrected chi connectivity index (χ3v) is 7.93. The van der Waals surface area contributed by atoms with Gasteiger partial charge in [0.2, 0.25) is 0 Å². The summed E-state index contributed by atoms with van der Waals surface area (Å²) >= 11 is 0. The van der Waals surface area contributed by atoms with Crippen LogP contribution in [0.4, 0.5) is 0 Å². The molecule has 0 spiro atoms. The smallest absolute Gasteiger partial charge is 0.0906 e. The van der Waals surface area contributed by atoms with E-state index in [1.807, 2.05) is 0 Å². The predicted octanol–water partition coefficient (Wildman–Crippen LogP) is 4.86. The molecule has 0 radical (unpaired) electrons. The molecule has 2 heterocycles. The van der Waals surface area contributed by atoms with E-state index < -0.39 is 0 Å². The standard InChI is InChI=1S/C24H38O4/c1-16(26-14-17-4-8-23-24(11-17)28-23)3-2-10-25-15-21-7-9-22(27-21)19-6-5-18-12-20(18)13-19/h17-24H,1-15H2. The van der Waals surface area contributed by atoms with Crippen molar-refractivity contribution in [3.8, 4) is 0 Å². The molecule has 0 bridgehead atoms. The van der Waals surface area contributed by atoms with Crippen molar-refractivity contribution >= 4 is 0 Å². The van der Waals surface area contributed by atoms with Crippen molar-refractivity contribution < 1.29 is 18.9 Å². The van der Waals surface area contributed by atoms with Crippen LogP contribution in [0.5, 0.6) is 0 Å². The van der Waals surface area contributed by atoms with Crippen molar-refractivity contribution in [3.63, 3.8) is 0 Å². The maximum Gasteiger partial charge on any atom is 0.0906 e. The molecule has 0 aromatic heterocycles. The molecule has 5 rings (SSSR count). The average molecular weight is 391 g/mol. The maximum absolute atomic E-state index is 6.34. The second kappa shape index (κ2) is 8.65. The summed E-state index contributed by atoms with van der Waals surface area (Å²) in [4.78, 5) is 0. The van der Waals surface area contributed by atoms with Crippen LogP contribution < -0.4 is 0 Å². The fraction of sp³-hybridized carbons (Fsp3) is 0.917. The van der Waals surface area contributed by atoms with Crippen LogP contribution in [0.1, 0.15) is 70.6 Å². The van der Waals surface area contributed by atoms with Crippen LogP contribution in [0.15, 0.2) is 12.3 Å². The fourth-order valence-corrected chi connectivity index (χ4v) is 5.96. The van der Waals surface area contributed by atoms with Crippen molar-refractivity contribution in [1.82, 2.24) is 0 Å². The summed E-state index contributed by atoms with van der Waals surface area (Å²) in [5, 5.41) is 0. The average Bonchev–Trinajstić information content (AvgIpc) is 3.61. The van der Waals surface area contributed by atoms with Crippen LogP contribution in [-0.2, 0) is 18.9 Å². The molecule has 5 aliphatic rings. The number of hydrogen-bond acceptors (Lipinski definition) is 4. The van der Waals surface area contributed by atoms with E-state index >= 15 is 0 Å². The predicted molar refractivity (Wildman–Crippen MR) is 108 cm³/mol. The molecule has 4 nitrogen and oxygen atoms in total. The third-order valence-electron chi connectivity index (χ3n) is 7.93. The zero-order valence-corrected chi connectivity index (χ0v) is 17.4. The van der Waals surface area contributed by atoms with Gasteiger partial charge in [0.05, 0.1) is 43.4 Å². The van der Waals surface area contributed by atoms with E-state index in [0.717, 1.165) is 56.2 Å². The van der Waals surface area contributed by atoms with Crippen LogP contribution in [0.2, 0.25) is 0 Å². The molecule has 0 amide bonds. The maximum atomic E-state index is 6.34. The zero-order valence-electron chi connectivity index (χ0n) is 17.4. The van der Waals surface area contributed by atoms with Gasteiger partial charge in [0.1, 0.15) is 0 Å². The SMILES string of the molecule is C=C(CCCOCC1CCC(C2CCC3CC3C2)O1)OCC1CCC2OC2C1. The van der Waals surface area contributed by atoms with Crippen LogP contribution in [-0.4, -0.2) is 44.2 Å². The fourth-order valence-electron chi connectivity index (χ4n) is 5.96. The number of fused-ring (bicyclic) bond motifs is 2. The molecule has 3 aliphatic carbocycles. The molecule has 2 aliphatic heterocycles. The van der Waals surface area contributed by atoms with Crippen LogP contribution in [0, 0.1) is 23.7 Å². The van der Waals surface area contributed by atoms with Gasteiger partial charge in [-0.15, -0.1) is 0 Å². The summed E-state index contributed by atoms with van der Waals surface area (Å²) in [6.45, 7) is 6.43. The van der Waals surface area contributed by atoms with Crippen molar-refractivity contribution in [2.24, 2.45) is 23.7 Å². The summed E-state index contributed by atoms with van der Waals surface area (Å²) in [5.41, 5.74) is 0. The van der Waals surface area contributed by atoms with Gasteiger partial charge in [-0.2, -0.15) is 0 Å². The molecule has 0 N–H and O–H groups in total. The Balaban J connectivity index is 0.889. The molecule has 2 saturated heterocycles. The first-order valence-electron chi connectivity index (χ1n) is 11.9. The van der Waals surface area contributed by atoms with Crippen LogP contribution in [0.25, 0.3) is 0 Å². The second-order valence-electron chi connectivity index (χ2n) is 10.1. The van der Waals surface area contributed by atoms with Crippen LogP contribution >= 0.6 is 0 Å². The first-order chi connectivity index (χ1) is 13.7. The van der Waals surface area contributed by atoms with E-state index in [4.69, 9.17) is 18.9 Å². The molecule has 158 valence electrons. The Bertz CT molecular complexity index is 549. The molecule has 8 atom stereocenters. The van der Waals surface area contributed by atoms with E-state index in [0.29, 0.717) is 30.3 Å². The highest BCUT2D eigenvalue weighted by Crippen LogP contribution is 2.53. The zero-order chi connectivity index (χ0) is 18.9. The molecular formula is C24H38O4. The lowest BCUT2D eigenvalue weighted by molar-refractivity contribution is -0.0407. The largest absolute Gasteiger partial charge is 0.498 e. The van der Waals surface area contributed by atoms with Gasteiger partial charge in [-0.05, 0) is 87.9 Å². The van der Waals surface area contributed by atoms with Gasteiger partial charge in [0.15, 0.2) is 0 Å². The summed E-state index contributed by atoms with van der Waals surface area (Å²) in [5.74, 6) is 4.52. The van der Waals surface area contributed by atoms with E-state index in [1.165, 1.54) is 57.8 Å². The first-order valence-corrected chi connectivity index (χ1v) is 11.9. The van der Waals surface area contributed by atoms with Crippen LogP contribution in [0.3, 0.4) is 0 Å². The van der Waals surface area contributed by atoms with Gasteiger partial charge in [-0.25, -0.2) is 0 Å². The topological polar surface area (TPSA) is 40.2 Å². The molecule has 0 aromatic carbocycles. The summed E-state index contributed by atoms with van der Waals surface area (Å²) in [7, 11) is 0. The van der Waals surface area contributed by atoms with E-state index in [1.54, 1.807) is 0 Å². The monoisotopic (exact) mass is 390 g/mol. The highest BCUT2D eigenvalue weighted by molar-refractivity contribution is 4.95. The van der Waals surface area contributed by atoms with Crippen molar-refractivity contribution in [1.29, 1.82) is 0 Å². The van der Waals surface area contributed by atoms with E-state index in [9.17, 15) is 0 Å². The lowest BCUT2D eigenvalue weighted by Gasteiger charge is -2.27. The number of rotatable bonds is 10. The Morgan fingerprint density at radius 3 is 2.54 bits per heavy atom. The number of epoxide rings is 1. The summed E-state index contributed by atoms with van der Waals surface area (Å²) in [6, 6.07) is 0. The summed E-state index contributed by atoms with van der Waals surface area (Å²) in [6.07, 6.45) is 15.7. The van der Waals surface area contributed by atoms with Gasteiger partial charge in [0, 0.05) is 13.0 Å². The Kier molecular flexibility index (Phi) is 5.99. The quantitative estimate of drug-likeness (QED) is 0.303. The van der Waals surface area contributed by atoms with Gasteiger partial charge >= 0.3 is 0 Å². The molecule has 0 aromatic rings. The highest BCUT2D eigenvalue weighted by Gasteiger charge is 2.45.